The Morgan fingerprint density at radius 3 is 3.00 bits per heavy atom. The summed E-state index contributed by atoms with van der Waals surface area (Å²) in [5.74, 6) is 0.654. The fourth-order valence-electron chi connectivity index (χ4n) is 1.15. The van der Waals surface area contributed by atoms with Crippen molar-refractivity contribution in [2.75, 3.05) is 0 Å². The summed E-state index contributed by atoms with van der Waals surface area (Å²) < 4.78 is 1.55. The predicted molar refractivity (Wildman–Crippen MR) is 49.8 cm³/mol. The molecule has 5 heteroatoms. The van der Waals surface area contributed by atoms with Crippen LogP contribution in [0.2, 0.25) is 0 Å². The Labute approximate surface area is 81.1 Å². The van der Waals surface area contributed by atoms with Crippen LogP contribution in [0, 0.1) is 0 Å². The van der Waals surface area contributed by atoms with Crippen molar-refractivity contribution < 1.29 is 5.11 Å². The summed E-state index contributed by atoms with van der Waals surface area (Å²) in [4.78, 5) is 7.94. The van der Waals surface area contributed by atoms with Crippen LogP contribution in [0.5, 0.6) is 0 Å². The number of aliphatic hydroxyl groups excluding tert-OH is 1. The molecule has 0 unspecified atom stereocenters. The van der Waals surface area contributed by atoms with Crippen molar-refractivity contribution in [1.29, 1.82) is 0 Å². The van der Waals surface area contributed by atoms with E-state index in [4.69, 9.17) is 0 Å². The Morgan fingerprint density at radius 2 is 2.36 bits per heavy atom. The molecule has 2 rings (SSSR count). The Morgan fingerprint density at radius 1 is 1.50 bits per heavy atom. The van der Waals surface area contributed by atoms with Gasteiger partial charge in [0, 0.05) is 6.20 Å². The van der Waals surface area contributed by atoms with Gasteiger partial charge in [-0.2, -0.15) is 5.10 Å². The molecule has 5 nitrogen and oxygen atoms in total. The molecule has 2 aromatic rings. The van der Waals surface area contributed by atoms with E-state index in [0.717, 1.165) is 5.56 Å². The fraction of sp³-hybridized carbons (Fsp3) is 0.222. The van der Waals surface area contributed by atoms with Gasteiger partial charge < -0.3 is 5.11 Å². The number of hydrogen-bond donors (Lipinski definition) is 1. The highest BCUT2D eigenvalue weighted by molar-refractivity contribution is 5.27. The van der Waals surface area contributed by atoms with E-state index in [9.17, 15) is 5.11 Å². The summed E-state index contributed by atoms with van der Waals surface area (Å²) in [6.45, 7) is 1.71. The summed E-state index contributed by atoms with van der Waals surface area (Å²) >= 11 is 0. The van der Waals surface area contributed by atoms with Gasteiger partial charge in [0.2, 0.25) is 0 Å². The van der Waals surface area contributed by atoms with Crippen LogP contribution in [0.15, 0.2) is 31.0 Å². The van der Waals surface area contributed by atoms with Crippen molar-refractivity contribution >= 4 is 0 Å². The third-order valence-corrected chi connectivity index (χ3v) is 1.91. The number of aliphatic hydroxyl groups is 1. The third-order valence-electron chi connectivity index (χ3n) is 1.91. The average Bonchev–Trinajstić information content (AvgIpc) is 2.71. The maximum Gasteiger partial charge on any atom is 0.155 e. The van der Waals surface area contributed by atoms with Crippen LogP contribution < -0.4 is 0 Å². The first-order valence-electron chi connectivity index (χ1n) is 4.26. The number of rotatable bonds is 2. The van der Waals surface area contributed by atoms with Crippen molar-refractivity contribution in [3.8, 4) is 5.82 Å². The lowest BCUT2D eigenvalue weighted by atomic mass is 10.2. The van der Waals surface area contributed by atoms with Crippen LogP contribution in [-0.2, 0) is 0 Å². The zero-order chi connectivity index (χ0) is 9.97. The van der Waals surface area contributed by atoms with E-state index < -0.39 is 6.10 Å². The van der Waals surface area contributed by atoms with Gasteiger partial charge in [-0.1, -0.05) is 0 Å². The number of nitrogens with zero attached hydrogens (tertiary/aromatic N) is 4. The second-order valence-corrected chi connectivity index (χ2v) is 2.96. The van der Waals surface area contributed by atoms with E-state index in [1.807, 2.05) is 0 Å². The van der Waals surface area contributed by atoms with Crippen LogP contribution in [0.25, 0.3) is 5.82 Å². The normalized spacial score (nSPS) is 12.7. The molecule has 0 bridgehead atoms. The topological polar surface area (TPSA) is 63.8 Å². The van der Waals surface area contributed by atoms with Crippen molar-refractivity contribution in [2.45, 2.75) is 13.0 Å². The second-order valence-electron chi connectivity index (χ2n) is 2.96. The molecule has 72 valence electrons. The monoisotopic (exact) mass is 190 g/mol. The quantitative estimate of drug-likeness (QED) is 0.757. The Hall–Kier alpha value is -1.75. The molecule has 1 atom stereocenters. The van der Waals surface area contributed by atoms with Gasteiger partial charge in [-0.25, -0.2) is 14.6 Å². The molecule has 0 saturated carbocycles. The van der Waals surface area contributed by atoms with Gasteiger partial charge in [0.25, 0.3) is 0 Å². The predicted octanol–water partition coefficient (Wildman–Crippen LogP) is 0.716. The van der Waals surface area contributed by atoms with E-state index in [1.54, 1.807) is 36.3 Å². The zero-order valence-electron chi connectivity index (χ0n) is 7.70. The lowest BCUT2D eigenvalue weighted by molar-refractivity contribution is 0.199. The Balaban J connectivity index is 2.41. The fourth-order valence-corrected chi connectivity index (χ4v) is 1.15. The first-order chi connectivity index (χ1) is 6.77. The SMILES string of the molecule is C[C@@H](O)c1ccnc(-n2cncn2)c1. The summed E-state index contributed by atoms with van der Waals surface area (Å²) in [5, 5.41) is 13.3. The zero-order valence-corrected chi connectivity index (χ0v) is 7.70. The lowest BCUT2D eigenvalue weighted by Crippen LogP contribution is -2.00. The maximum atomic E-state index is 9.37. The van der Waals surface area contributed by atoms with Gasteiger partial charge in [-0.15, -0.1) is 0 Å². The molecule has 0 aromatic carbocycles. The van der Waals surface area contributed by atoms with Gasteiger partial charge >= 0.3 is 0 Å². The summed E-state index contributed by atoms with van der Waals surface area (Å²) in [6.07, 6.45) is 4.14. The second kappa shape index (κ2) is 3.55. The van der Waals surface area contributed by atoms with Gasteiger partial charge in [0.1, 0.15) is 12.7 Å². The summed E-state index contributed by atoms with van der Waals surface area (Å²) in [6, 6.07) is 3.55. The minimum atomic E-state index is -0.500. The molecule has 0 spiro atoms. The van der Waals surface area contributed by atoms with Crippen molar-refractivity contribution in [1.82, 2.24) is 19.7 Å². The molecular weight excluding hydrogens is 180 g/mol. The smallest absolute Gasteiger partial charge is 0.155 e. The van der Waals surface area contributed by atoms with Crippen molar-refractivity contribution in [2.24, 2.45) is 0 Å². The minimum Gasteiger partial charge on any atom is -0.389 e. The number of hydrogen-bond acceptors (Lipinski definition) is 4. The van der Waals surface area contributed by atoms with Gasteiger partial charge in [0.05, 0.1) is 6.10 Å². The van der Waals surface area contributed by atoms with E-state index >= 15 is 0 Å². The van der Waals surface area contributed by atoms with E-state index in [1.165, 1.54) is 6.33 Å². The van der Waals surface area contributed by atoms with Crippen molar-refractivity contribution in [3.63, 3.8) is 0 Å². The van der Waals surface area contributed by atoms with E-state index in [-0.39, 0.29) is 0 Å². The van der Waals surface area contributed by atoms with Crippen LogP contribution in [-0.4, -0.2) is 24.9 Å². The van der Waals surface area contributed by atoms with Crippen LogP contribution in [0.3, 0.4) is 0 Å². The molecule has 0 aliphatic rings. The van der Waals surface area contributed by atoms with Gasteiger partial charge in [-0.05, 0) is 24.6 Å². The average molecular weight is 190 g/mol. The maximum absolute atomic E-state index is 9.37. The number of pyridine rings is 1. The molecule has 1 N–H and O–H groups in total. The molecule has 0 amide bonds. The molecule has 2 heterocycles. The van der Waals surface area contributed by atoms with E-state index in [0.29, 0.717) is 5.82 Å². The first-order valence-corrected chi connectivity index (χ1v) is 4.26. The molecule has 2 aromatic heterocycles. The number of aromatic nitrogens is 4. The largest absolute Gasteiger partial charge is 0.389 e. The first kappa shape index (κ1) is 8.83. The molecule has 0 fully saturated rings. The summed E-state index contributed by atoms with van der Waals surface area (Å²) in [5.41, 5.74) is 0.811. The van der Waals surface area contributed by atoms with Crippen molar-refractivity contribution in [3.05, 3.63) is 36.5 Å². The minimum absolute atomic E-state index is 0.500. The highest BCUT2D eigenvalue weighted by atomic mass is 16.3. The molecule has 0 saturated heterocycles. The Kier molecular flexibility index (Phi) is 2.24. The van der Waals surface area contributed by atoms with Gasteiger partial charge in [-0.3, -0.25) is 0 Å². The molecule has 14 heavy (non-hydrogen) atoms. The van der Waals surface area contributed by atoms with E-state index in [2.05, 4.69) is 15.1 Å². The Bertz CT molecular complexity index is 411. The summed E-state index contributed by atoms with van der Waals surface area (Å²) in [7, 11) is 0. The third kappa shape index (κ3) is 1.62. The lowest BCUT2D eigenvalue weighted by Gasteiger charge is -2.05. The van der Waals surface area contributed by atoms with Gasteiger partial charge in [0.15, 0.2) is 5.82 Å². The standard InChI is InChI=1S/C9H10N4O/c1-7(14)8-2-3-11-9(4-8)13-6-10-5-12-13/h2-7,14H,1H3/t7-/m1/s1. The highest BCUT2D eigenvalue weighted by Crippen LogP contribution is 2.13. The molecule has 0 aliphatic carbocycles. The van der Waals surface area contributed by atoms with Crippen LogP contribution in [0.1, 0.15) is 18.6 Å². The van der Waals surface area contributed by atoms with Crippen LogP contribution >= 0.6 is 0 Å². The van der Waals surface area contributed by atoms with Crippen LogP contribution in [0.4, 0.5) is 0 Å². The highest BCUT2D eigenvalue weighted by Gasteiger charge is 2.03. The molecular formula is C9H10N4O. The molecule has 0 radical (unpaired) electrons. The molecule has 0 aliphatic heterocycles.